The Kier molecular flexibility index (Phi) is 4.27. The Hall–Kier alpha value is -2.51. The number of anilines is 1. The quantitative estimate of drug-likeness (QED) is 0.911. The summed E-state index contributed by atoms with van der Waals surface area (Å²) in [7, 11) is 0. The second-order valence-electron chi connectivity index (χ2n) is 5.14. The molecule has 0 aliphatic carbocycles. The molecule has 0 spiro atoms. The molecule has 1 aliphatic rings. The van der Waals surface area contributed by atoms with Crippen molar-refractivity contribution in [3.8, 4) is 22.7 Å². The Labute approximate surface area is 132 Å². The lowest BCUT2D eigenvalue weighted by Gasteiger charge is -2.06. The number of nitrogens with zero attached hydrogens (tertiary/aromatic N) is 5. The summed E-state index contributed by atoms with van der Waals surface area (Å²) in [6.45, 7) is 0.888. The monoisotopic (exact) mass is 310 g/mol. The first-order valence-electron chi connectivity index (χ1n) is 7.08. The number of thiazole rings is 1. The molecule has 3 rings (SSSR count). The lowest BCUT2D eigenvalue weighted by Crippen LogP contribution is -2.02. The SMILES string of the molecule is N#CCC(CC#N)Cc1ncc(-c2ncnc3c2CCN3)s1. The molecule has 0 atom stereocenters. The molecule has 6 nitrogen and oxygen atoms in total. The second kappa shape index (κ2) is 6.50. The molecular weight excluding hydrogens is 296 g/mol. The number of hydrogen-bond acceptors (Lipinski definition) is 7. The summed E-state index contributed by atoms with van der Waals surface area (Å²) in [5.74, 6) is 0.957. The molecule has 110 valence electrons. The van der Waals surface area contributed by atoms with Gasteiger partial charge in [0.15, 0.2) is 0 Å². The van der Waals surface area contributed by atoms with E-state index >= 15 is 0 Å². The van der Waals surface area contributed by atoms with Crippen molar-refractivity contribution in [1.29, 1.82) is 10.5 Å². The van der Waals surface area contributed by atoms with Gasteiger partial charge in [-0.2, -0.15) is 10.5 Å². The van der Waals surface area contributed by atoms with Gasteiger partial charge >= 0.3 is 0 Å². The molecule has 22 heavy (non-hydrogen) atoms. The van der Waals surface area contributed by atoms with Crippen molar-refractivity contribution in [2.24, 2.45) is 5.92 Å². The molecule has 0 saturated carbocycles. The zero-order chi connectivity index (χ0) is 15.4. The van der Waals surface area contributed by atoms with E-state index in [1.807, 2.05) is 6.20 Å². The van der Waals surface area contributed by atoms with E-state index in [2.05, 4.69) is 32.4 Å². The highest BCUT2D eigenvalue weighted by molar-refractivity contribution is 7.15. The maximum Gasteiger partial charge on any atom is 0.133 e. The normalized spacial score (nSPS) is 12.5. The summed E-state index contributed by atoms with van der Waals surface area (Å²) in [4.78, 5) is 14.1. The minimum Gasteiger partial charge on any atom is -0.369 e. The Balaban J connectivity index is 1.81. The fourth-order valence-electron chi connectivity index (χ4n) is 2.56. The summed E-state index contributed by atoms with van der Waals surface area (Å²) >= 11 is 1.58. The molecule has 3 heterocycles. The van der Waals surface area contributed by atoms with Gasteiger partial charge in [-0.05, 0) is 12.3 Å². The van der Waals surface area contributed by atoms with Gasteiger partial charge in [0, 0.05) is 37.6 Å². The molecule has 0 saturated heterocycles. The van der Waals surface area contributed by atoms with E-state index in [-0.39, 0.29) is 5.92 Å². The lowest BCUT2D eigenvalue weighted by molar-refractivity contribution is 0.549. The van der Waals surface area contributed by atoms with Crippen LogP contribution in [0.1, 0.15) is 23.4 Å². The van der Waals surface area contributed by atoms with Gasteiger partial charge in [-0.15, -0.1) is 11.3 Å². The first-order valence-corrected chi connectivity index (χ1v) is 7.90. The fourth-order valence-corrected chi connectivity index (χ4v) is 3.61. The van der Waals surface area contributed by atoms with E-state index in [0.717, 1.165) is 39.9 Å². The summed E-state index contributed by atoms with van der Waals surface area (Å²) < 4.78 is 0. The fraction of sp³-hybridized carbons (Fsp3) is 0.400. The summed E-state index contributed by atoms with van der Waals surface area (Å²) in [6, 6.07) is 4.28. The molecule has 0 bridgehead atoms. The predicted octanol–water partition coefficient (Wildman–Crippen LogP) is 2.55. The molecule has 0 radical (unpaired) electrons. The van der Waals surface area contributed by atoms with Gasteiger partial charge < -0.3 is 5.32 Å². The van der Waals surface area contributed by atoms with Crippen LogP contribution in [0.5, 0.6) is 0 Å². The maximum absolute atomic E-state index is 8.83. The van der Waals surface area contributed by atoms with Crippen LogP contribution in [0.3, 0.4) is 0 Å². The van der Waals surface area contributed by atoms with Crippen LogP contribution in [0, 0.1) is 28.6 Å². The Bertz CT molecular complexity index is 738. The van der Waals surface area contributed by atoms with E-state index < -0.39 is 0 Å². The van der Waals surface area contributed by atoms with E-state index in [1.54, 1.807) is 17.7 Å². The zero-order valence-electron chi connectivity index (χ0n) is 11.9. The largest absolute Gasteiger partial charge is 0.369 e. The average molecular weight is 310 g/mol. The van der Waals surface area contributed by atoms with Gasteiger partial charge in [-0.1, -0.05) is 0 Å². The number of hydrogen-bond donors (Lipinski definition) is 1. The predicted molar refractivity (Wildman–Crippen MR) is 83.0 cm³/mol. The van der Waals surface area contributed by atoms with Crippen molar-refractivity contribution in [1.82, 2.24) is 15.0 Å². The Morgan fingerprint density at radius 2 is 2.05 bits per heavy atom. The summed E-state index contributed by atoms with van der Waals surface area (Å²) in [5.41, 5.74) is 2.08. The number of rotatable bonds is 5. The third kappa shape index (κ3) is 2.90. The summed E-state index contributed by atoms with van der Waals surface area (Å²) in [6.07, 6.45) is 5.75. The van der Waals surface area contributed by atoms with E-state index in [1.165, 1.54) is 0 Å². The van der Waals surface area contributed by atoms with Crippen LogP contribution in [-0.2, 0) is 12.8 Å². The molecule has 2 aromatic heterocycles. The van der Waals surface area contributed by atoms with Crippen molar-refractivity contribution in [2.75, 3.05) is 11.9 Å². The van der Waals surface area contributed by atoms with E-state index in [9.17, 15) is 0 Å². The standard InChI is InChI=1S/C15H14N6S/c16-4-1-10(2-5-17)7-13-19-8-12(22-13)14-11-3-6-18-15(11)21-9-20-14/h8-10H,1-3,6-7H2,(H,18,20,21). The van der Waals surface area contributed by atoms with Crippen LogP contribution in [0.4, 0.5) is 5.82 Å². The molecule has 0 aromatic carbocycles. The van der Waals surface area contributed by atoms with E-state index in [4.69, 9.17) is 10.5 Å². The summed E-state index contributed by atoms with van der Waals surface area (Å²) in [5, 5.41) is 21.9. The van der Waals surface area contributed by atoms with Crippen LogP contribution in [0.25, 0.3) is 10.6 Å². The third-order valence-electron chi connectivity index (χ3n) is 3.62. The van der Waals surface area contributed by atoms with Gasteiger partial charge in [-0.3, -0.25) is 0 Å². The molecule has 0 amide bonds. The highest BCUT2D eigenvalue weighted by Gasteiger charge is 2.20. The second-order valence-corrected chi connectivity index (χ2v) is 6.25. The maximum atomic E-state index is 8.83. The Morgan fingerprint density at radius 1 is 1.23 bits per heavy atom. The molecule has 1 aliphatic heterocycles. The van der Waals surface area contributed by atoms with Crippen LogP contribution in [-0.4, -0.2) is 21.5 Å². The van der Waals surface area contributed by atoms with Crippen molar-refractivity contribution in [3.63, 3.8) is 0 Å². The number of fused-ring (bicyclic) bond motifs is 1. The van der Waals surface area contributed by atoms with Gasteiger partial charge in [-0.25, -0.2) is 15.0 Å². The van der Waals surface area contributed by atoms with E-state index in [0.29, 0.717) is 19.3 Å². The minimum atomic E-state index is 0.0479. The van der Waals surface area contributed by atoms with Gasteiger partial charge in [0.05, 0.1) is 27.7 Å². The molecule has 0 fully saturated rings. The highest BCUT2D eigenvalue weighted by Crippen LogP contribution is 2.33. The third-order valence-corrected chi connectivity index (χ3v) is 4.65. The minimum absolute atomic E-state index is 0.0479. The topological polar surface area (TPSA) is 98.3 Å². The highest BCUT2D eigenvalue weighted by atomic mass is 32.1. The van der Waals surface area contributed by atoms with Crippen molar-refractivity contribution in [2.45, 2.75) is 25.7 Å². The molecule has 7 heteroatoms. The Morgan fingerprint density at radius 3 is 2.82 bits per heavy atom. The molecule has 2 aromatic rings. The van der Waals surface area contributed by atoms with Crippen LogP contribution >= 0.6 is 11.3 Å². The number of nitriles is 2. The first-order chi connectivity index (χ1) is 10.8. The van der Waals surface area contributed by atoms with Gasteiger partial charge in [0.2, 0.25) is 0 Å². The van der Waals surface area contributed by atoms with Crippen LogP contribution in [0.15, 0.2) is 12.5 Å². The van der Waals surface area contributed by atoms with Gasteiger partial charge in [0.25, 0.3) is 0 Å². The molecular formula is C15H14N6S. The van der Waals surface area contributed by atoms with Crippen molar-refractivity contribution in [3.05, 3.63) is 23.1 Å². The number of nitrogens with one attached hydrogen (secondary N) is 1. The molecule has 1 N–H and O–H groups in total. The van der Waals surface area contributed by atoms with Crippen molar-refractivity contribution >= 4 is 17.2 Å². The zero-order valence-corrected chi connectivity index (χ0v) is 12.7. The number of aromatic nitrogens is 3. The first kappa shape index (κ1) is 14.4. The van der Waals surface area contributed by atoms with Gasteiger partial charge in [0.1, 0.15) is 12.1 Å². The smallest absolute Gasteiger partial charge is 0.133 e. The average Bonchev–Trinajstić information content (AvgIpc) is 3.16. The lowest BCUT2D eigenvalue weighted by atomic mass is 9.99. The van der Waals surface area contributed by atoms with Crippen LogP contribution in [0.2, 0.25) is 0 Å². The van der Waals surface area contributed by atoms with Crippen LogP contribution < -0.4 is 5.32 Å². The van der Waals surface area contributed by atoms with Crippen molar-refractivity contribution < 1.29 is 0 Å². The molecule has 0 unspecified atom stereocenters.